The first-order chi connectivity index (χ1) is 12.9. The molecule has 142 valence electrons. The summed E-state index contributed by atoms with van der Waals surface area (Å²) in [6.07, 6.45) is 0.730. The fourth-order valence-electron chi connectivity index (χ4n) is 2.76. The number of fused-ring (bicyclic) bond motifs is 1. The second kappa shape index (κ2) is 7.81. The van der Waals surface area contributed by atoms with Gasteiger partial charge in [0.2, 0.25) is 0 Å². The molecule has 8 heteroatoms. The van der Waals surface area contributed by atoms with E-state index in [1.54, 1.807) is 54.4 Å². The van der Waals surface area contributed by atoms with Crippen LogP contribution >= 0.6 is 0 Å². The van der Waals surface area contributed by atoms with Crippen molar-refractivity contribution >= 4 is 32.5 Å². The van der Waals surface area contributed by atoms with Crippen molar-refractivity contribution in [2.75, 3.05) is 24.9 Å². The van der Waals surface area contributed by atoms with Gasteiger partial charge < -0.3 is 15.6 Å². The number of aromatic nitrogens is 1. The molecule has 0 fully saturated rings. The van der Waals surface area contributed by atoms with Crippen LogP contribution in [0.25, 0.3) is 10.9 Å². The highest BCUT2D eigenvalue weighted by Crippen LogP contribution is 2.23. The van der Waals surface area contributed by atoms with Crippen molar-refractivity contribution in [3.05, 3.63) is 60.3 Å². The Balaban J connectivity index is 1.83. The summed E-state index contributed by atoms with van der Waals surface area (Å²) in [7, 11) is -1.94. The topological polar surface area (TPSA) is 108 Å². The summed E-state index contributed by atoms with van der Waals surface area (Å²) >= 11 is 0. The molecule has 4 N–H and O–H groups in total. The van der Waals surface area contributed by atoms with Crippen molar-refractivity contribution in [1.29, 1.82) is 0 Å². The summed E-state index contributed by atoms with van der Waals surface area (Å²) in [5.74, 6) is -0.133. The standard InChI is InChI=1S/C19H22N4O3S/c1-23(11-5-10-20)19(24)18-12-14-8-9-15(13-17(14)21-18)22-27(25,26)16-6-3-2-4-7-16/h2-4,6-9,12-13,21-22H,5,10-11,20H2,1H3. The zero-order chi connectivity index (χ0) is 19.4. The van der Waals surface area contributed by atoms with Gasteiger partial charge >= 0.3 is 0 Å². The first kappa shape index (κ1) is 18.9. The lowest BCUT2D eigenvalue weighted by atomic mass is 10.2. The number of nitrogens with one attached hydrogen (secondary N) is 2. The highest BCUT2D eigenvalue weighted by Gasteiger charge is 2.16. The van der Waals surface area contributed by atoms with E-state index in [0.29, 0.717) is 30.0 Å². The second-order valence-electron chi connectivity index (χ2n) is 6.27. The molecule has 0 saturated heterocycles. The van der Waals surface area contributed by atoms with Crippen molar-refractivity contribution in [2.45, 2.75) is 11.3 Å². The highest BCUT2D eigenvalue weighted by atomic mass is 32.2. The fraction of sp³-hybridized carbons (Fsp3) is 0.211. The van der Waals surface area contributed by atoms with Crippen LogP contribution in [-0.4, -0.2) is 44.3 Å². The lowest BCUT2D eigenvalue weighted by molar-refractivity contribution is 0.0789. The largest absolute Gasteiger partial charge is 0.350 e. The monoisotopic (exact) mass is 386 g/mol. The summed E-state index contributed by atoms with van der Waals surface area (Å²) in [6, 6.07) is 15.0. The van der Waals surface area contributed by atoms with Gasteiger partial charge in [0.15, 0.2) is 0 Å². The van der Waals surface area contributed by atoms with E-state index < -0.39 is 10.0 Å². The number of H-pyrrole nitrogens is 1. The number of carbonyl (C=O) groups excluding carboxylic acids is 1. The zero-order valence-electron chi connectivity index (χ0n) is 15.0. The van der Waals surface area contributed by atoms with Crippen LogP contribution in [0.2, 0.25) is 0 Å². The molecule has 0 aliphatic heterocycles. The number of nitrogens with two attached hydrogens (primary N) is 1. The Bertz CT molecular complexity index is 1050. The average molecular weight is 386 g/mol. The molecule has 1 heterocycles. The van der Waals surface area contributed by atoms with Gasteiger partial charge in [0, 0.05) is 24.5 Å². The van der Waals surface area contributed by atoms with E-state index in [1.165, 1.54) is 12.1 Å². The van der Waals surface area contributed by atoms with Crippen LogP contribution in [0.4, 0.5) is 5.69 Å². The smallest absolute Gasteiger partial charge is 0.270 e. The van der Waals surface area contributed by atoms with Crippen molar-refractivity contribution in [1.82, 2.24) is 9.88 Å². The van der Waals surface area contributed by atoms with Gasteiger partial charge in [-0.25, -0.2) is 8.42 Å². The van der Waals surface area contributed by atoms with E-state index in [4.69, 9.17) is 5.73 Å². The van der Waals surface area contributed by atoms with Gasteiger partial charge in [-0.3, -0.25) is 9.52 Å². The first-order valence-corrected chi connectivity index (χ1v) is 10.1. The number of sulfonamides is 1. The molecule has 0 radical (unpaired) electrons. The van der Waals surface area contributed by atoms with Crippen LogP contribution in [0, 0.1) is 0 Å². The minimum Gasteiger partial charge on any atom is -0.350 e. The molecule has 0 saturated carbocycles. The summed E-state index contributed by atoms with van der Waals surface area (Å²) in [6.45, 7) is 1.10. The van der Waals surface area contributed by atoms with Crippen molar-refractivity contribution in [3.8, 4) is 0 Å². The molecule has 7 nitrogen and oxygen atoms in total. The van der Waals surface area contributed by atoms with Gasteiger partial charge in [-0.2, -0.15) is 0 Å². The maximum absolute atomic E-state index is 12.5. The Morgan fingerprint density at radius 1 is 1.15 bits per heavy atom. The first-order valence-electron chi connectivity index (χ1n) is 8.57. The quantitative estimate of drug-likeness (QED) is 0.579. The molecule has 1 aromatic heterocycles. The summed E-state index contributed by atoms with van der Waals surface area (Å²) in [5.41, 5.74) is 7.04. The van der Waals surface area contributed by atoms with Crippen LogP contribution < -0.4 is 10.5 Å². The lowest BCUT2D eigenvalue weighted by Crippen LogP contribution is -2.29. The molecule has 1 amide bonds. The SMILES string of the molecule is CN(CCCN)C(=O)c1cc2ccc(NS(=O)(=O)c3ccccc3)cc2[nH]1. The maximum Gasteiger partial charge on any atom is 0.270 e. The van der Waals surface area contributed by atoms with Crippen LogP contribution in [0.3, 0.4) is 0 Å². The molecule has 0 bridgehead atoms. The van der Waals surface area contributed by atoms with Crippen molar-refractivity contribution < 1.29 is 13.2 Å². The number of anilines is 1. The van der Waals surface area contributed by atoms with Gasteiger partial charge in [-0.15, -0.1) is 0 Å². The number of amides is 1. The number of carbonyl (C=O) groups is 1. The van der Waals surface area contributed by atoms with Gasteiger partial charge in [0.25, 0.3) is 15.9 Å². The van der Waals surface area contributed by atoms with Crippen molar-refractivity contribution in [3.63, 3.8) is 0 Å². The molecule has 3 aromatic rings. The predicted octanol–water partition coefficient (Wildman–Crippen LogP) is 2.39. The highest BCUT2D eigenvalue weighted by molar-refractivity contribution is 7.92. The van der Waals surface area contributed by atoms with Gasteiger partial charge in [-0.05, 0) is 43.3 Å². The molecule has 3 rings (SSSR count). The molecular formula is C19H22N4O3S. The minimum absolute atomic E-state index is 0.133. The third kappa shape index (κ3) is 4.29. The Labute approximate surface area is 158 Å². The number of nitrogens with zero attached hydrogens (tertiary/aromatic N) is 1. The molecule has 0 atom stereocenters. The Hall–Kier alpha value is -2.84. The predicted molar refractivity (Wildman–Crippen MR) is 106 cm³/mol. The molecule has 0 aliphatic carbocycles. The van der Waals surface area contributed by atoms with Crippen LogP contribution in [0.5, 0.6) is 0 Å². The van der Waals surface area contributed by atoms with E-state index in [0.717, 1.165) is 11.8 Å². The van der Waals surface area contributed by atoms with E-state index in [2.05, 4.69) is 9.71 Å². The number of aromatic amines is 1. The molecule has 0 unspecified atom stereocenters. The van der Waals surface area contributed by atoms with E-state index in [-0.39, 0.29) is 10.8 Å². The third-order valence-corrected chi connectivity index (χ3v) is 5.60. The molecule has 0 aliphatic rings. The fourth-order valence-corrected chi connectivity index (χ4v) is 3.83. The van der Waals surface area contributed by atoms with E-state index in [9.17, 15) is 13.2 Å². The number of benzene rings is 2. The summed E-state index contributed by atoms with van der Waals surface area (Å²) in [5, 5.41) is 0.827. The Morgan fingerprint density at radius 2 is 1.89 bits per heavy atom. The molecular weight excluding hydrogens is 364 g/mol. The van der Waals surface area contributed by atoms with Gasteiger partial charge in [0.05, 0.1) is 10.6 Å². The molecule has 0 spiro atoms. The number of rotatable bonds is 7. The summed E-state index contributed by atoms with van der Waals surface area (Å²) in [4.78, 5) is 17.3. The lowest BCUT2D eigenvalue weighted by Gasteiger charge is -2.15. The average Bonchev–Trinajstić information content (AvgIpc) is 3.09. The normalized spacial score (nSPS) is 11.5. The molecule has 2 aromatic carbocycles. The third-order valence-electron chi connectivity index (χ3n) is 4.20. The van der Waals surface area contributed by atoms with E-state index in [1.807, 2.05) is 0 Å². The zero-order valence-corrected chi connectivity index (χ0v) is 15.8. The van der Waals surface area contributed by atoms with Crippen LogP contribution in [0.15, 0.2) is 59.5 Å². The van der Waals surface area contributed by atoms with Gasteiger partial charge in [0.1, 0.15) is 5.69 Å². The minimum atomic E-state index is -3.67. The van der Waals surface area contributed by atoms with E-state index >= 15 is 0 Å². The van der Waals surface area contributed by atoms with Crippen molar-refractivity contribution in [2.24, 2.45) is 5.73 Å². The second-order valence-corrected chi connectivity index (χ2v) is 7.95. The maximum atomic E-state index is 12.5. The van der Waals surface area contributed by atoms with Crippen LogP contribution in [0.1, 0.15) is 16.9 Å². The van der Waals surface area contributed by atoms with Crippen LogP contribution in [-0.2, 0) is 10.0 Å². The Morgan fingerprint density at radius 3 is 2.59 bits per heavy atom. The number of hydrogen-bond donors (Lipinski definition) is 3. The molecule has 27 heavy (non-hydrogen) atoms. The van der Waals surface area contributed by atoms with Gasteiger partial charge in [-0.1, -0.05) is 24.3 Å². The number of hydrogen-bond acceptors (Lipinski definition) is 4. The Kier molecular flexibility index (Phi) is 5.48. The summed E-state index contributed by atoms with van der Waals surface area (Å²) < 4.78 is 27.5.